The number of halogens is 4. The summed E-state index contributed by atoms with van der Waals surface area (Å²) >= 11 is 12.1. The second kappa shape index (κ2) is 8.92. The van der Waals surface area contributed by atoms with E-state index in [1.54, 1.807) is 24.3 Å². The highest BCUT2D eigenvalue weighted by atomic mass is 35.5. The highest BCUT2D eigenvalue weighted by molar-refractivity contribution is 6.35. The Hall–Kier alpha value is -3.15. The Bertz CT molecular complexity index is 1220. The minimum absolute atomic E-state index is 0.0311. The molecule has 0 aliphatic rings. The average Bonchev–Trinajstić information content (AvgIpc) is 2.72. The third kappa shape index (κ3) is 4.95. The lowest BCUT2D eigenvalue weighted by molar-refractivity contribution is 0.0101. The van der Waals surface area contributed by atoms with Crippen molar-refractivity contribution in [3.63, 3.8) is 0 Å². The zero-order valence-corrected chi connectivity index (χ0v) is 17.8. The highest BCUT2D eigenvalue weighted by Gasteiger charge is 2.34. The van der Waals surface area contributed by atoms with Crippen molar-refractivity contribution < 1.29 is 18.3 Å². The molecule has 0 fully saturated rings. The molecule has 160 valence electrons. The van der Waals surface area contributed by atoms with Crippen LogP contribution in [0.4, 0.5) is 8.78 Å². The zero-order valence-electron chi connectivity index (χ0n) is 16.3. The summed E-state index contributed by atoms with van der Waals surface area (Å²) in [6.07, 6.45) is 1.02. The molecule has 2 aromatic carbocycles. The SMILES string of the molecule is COc1ccc(Cn2cnc(C(C)(F)F)c(Oc3cc(Cl)cc(C#N)c3Cl)c2=O)cc1. The summed E-state index contributed by atoms with van der Waals surface area (Å²) < 4.78 is 40.0. The summed E-state index contributed by atoms with van der Waals surface area (Å²) in [4.78, 5) is 16.8. The van der Waals surface area contributed by atoms with Crippen LogP contribution in [0.25, 0.3) is 0 Å². The first-order valence-corrected chi connectivity index (χ1v) is 9.57. The summed E-state index contributed by atoms with van der Waals surface area (Å²) in [6, 6.07) is 11.2. The van der Waals surface area contributed by atoms with Crippen molar-refractivity contribution in [3.05, 3.63) is 79.9 Å². The molecule has 1 aromatic heterocycles. The van der Waals surface area contributed by atoms with Gasteiger partial charge in [-0.2, -0.15) is 14.0 Å². The molecular weight excluding hydrogens is 451 g/mol. The number of nitrogens with zero attached hydrogens (tertiary/aromatic N) is 3. The van der Waals surface area contributed by atoms with Crippen molar-refractivity contribution in [2.45, 2.75) is 19.4 Å². The highest BCUT2D eigenvalue weighted by Crippen LogP contribution is 2.37. The smallest absolute Gasteiger partial charge is 0.297 e. The molecule has 0 aliphatic heterocycles. The third-order valence-corrected chi connectivity index (χ3v) is 4.87. The molecule has 6 nitrogen and oxygen atoms in total. The average molecular weight is 466 g/mol. The fourth-order valence-electron chi connectivity index (χ4n) is 2.74. The second-order valence-electron chi connectivity index (χ2n) is 6.57. The van der Waals surface area contributed by atoms with Crippen molar-refractivity contribution in [3.8, 4) is 23.3 Å². The first kappa shape index (κ1) is 22.5. The lowest BCUT2D eigenvalue weighted by atomic mass is 10.2. The molecule has 0 aliphatic carbocycles. The van der Waals surface area contributed by atoms with Gasteiger partial charge in [0.15, 0.2) is 5.69 Å². The molecule has 10 heteroatoms. The lowest BCUT2D eigenvalue weighted by Gasteiger charge is -2.17. The number of hydrogen-bond acceptors (Lipinski definition) is 5. The van der Waals surface area contributed by atoms with Crippen molar-refractivity contribution in [1.82, 2.24) is 9.55 Å². The van der Waals surface area contributed by atoms with Crippen LogP contribution in [0.15, 0.2) is 47.5 Å². The van der Waals surface area contributed by atoms with E-state index in [2.05, 4.69) is 4.98 Å². The monoisotopic (exact) mass is 465 g/mol. The minimum atomic E-state index is -3.48. The number of aromatic nitrogens is 2. The van der Waals surface area contributed by atoms with Crippen molar-refractivity contribution >= 4 is 23.2 Å². The molecule has 0 unspecified atom stereocenters. The quantitative estimate of drug-likeness (QED) is 0.488. The van der Waals surface area contributed by atoms with E-state index in [-0.39, 0.29) is 27.9 Å². The van der Waals surface area contributed by atoms with E-state index < -0.39 is 22.9 Å². The van der Waals surface area contributed by atoms with Crippen LogP contribution in [0.1, 0.15) is 23.7 Å². The van der Waals surface area contributed by atoms with Gasteiger partial charge in [0.1, 0.15) is 22.6 Å². The van der Waals surface area contributed by atoms with Gasteiger partial charge in [0.25, 0.3) is 11.5 Å². The van der Waals surface area contributed by atoms with E-state index in [4.69, 9.17) is 37.9 Å². The fourth-order valence-corrected chi connectivity index (χ4v) is 3.14. The minimum Gasteiger partial charge on any atom is -0.497 e. The van der Waals surface area contributed by atoms with Gasteiger partial charge in [0.2, 0.25) is 5.75 Å². The molecule has 1 heterocycles. The largest absolute Gasteiger partial charge is 0.497 e. The zero-order chi connectivity index (χ0) is 22.8. The van der Waals surface area contributed by atoms with E-state index >= 15 is 0 Å². The van der Waals surface area contributed by atoms with E-state index in [1.807, 2.05) is 6.07 Å². The molecule has 0 N–H and O–H groups in total. The predicted octanol–water partition coefficient (Wildman–Crippen LogP) is 5.38. The second-order valence-corrected chi connectivity index (χ2v) is 7.39. The molecule has 31 heavy (non-hydrogen) atoms. The summed E-state index contributed by atoms with van der Waals surface area (Å²) in [5.41, 5.74) is -1.04. The van der Waals surface area contributed by atoms with Crippen LogP contribution >= 0.6 is 23.2 Å². The van der Waals surface area contributed by atoms with Crippen molar-refractivity contribution in [1.29, 1.82) is 5.26 Å². The molecule has 0 saturated heterocycles. The Labute approximate surface area is 186 Å². The van der Waals surface area contributed by atoms with Crippen LogP contribution < -0.4 is 15.0 Å². The van der Waals surface area contributed by atoms with Crippen LogP contribution in [-0.2, 0) is 12.5 Å². The first-order chi connectivity index (χ1) is 14.6. The molecule has 3 aromatic rings. The molecule has 0 saturated carbocycles. The maximum Gasteiger partial charge on any atom is 0.297 e. The van der Waals surface area contributed by atoms with E-state index in [1.165, 1.54) is 19.2 Å². The van der Waals surface area contributed by atoms with Gasteiger partial charge < -0.3 is 9.47 Å². The molecule has 0 amide bonds. The van der Waals surface area contributed by atoms with Gasteiger partial charge in [0.05, 0.1) is 25.5 Å². The van der Waals surface area contributed by atoms with E-state index in [0.717, 1.165) is 10.9 Å². The van der Waals surface area contributed by atoms with Gasteiger partial charge >= 0.3 is 0 Å². The van der Waals surface area contributed by atoms with Gasteiger partial charge in [-0.05, 0) is 23.8 Å². The number of methoxy groups -OCH3 is 1. The molecule has 3 rings (SSSR count). The normalized spacial score (nSPS) is 11.1. The first-order valence-electron chi connectivity index (χ1n) is 8.81. The van der Waals surface area contributed by atoms with Crippen molar-refractivity contribution in [2.75, 3.05) is 7.11 Å². The number of alkyl halides is 2. The molecule has 0 bridgehead atoms. The maximum atomic E-state index is 14.1. The molecule has 0 radical (unpaired) electrons. The lowest BCUT2D eigenvalue weighted by Crippen LogP contribution is -2.27. The summed E-state index contributed by atoms with van der Waals surface area (Å²) in [5, 5.41) is 9.08. The fraction of sp³-hybridized carbons (Fsp3) is 0.190. The van der Waals surface area contributed by atoms with Gasteiger partial charge in [0, 0.05) is 18.0 Å². The molecular formula is C21H15Cl2F2N3O3. The van der Waals surface area contributed by atoms with E-state index in [0.29, 0.717) is 18.2 Å². The number of rotatable bonds is 6. The Balaban J connectivity index is 2.09. The standard InChI is InChI=1S/C21H15Cl2F2N3O3/c1-21(24,25)19-18(31-16-8-14(22)7-13(9-26)17(16)23)20(29)28(11-27-19)10-12-3-5-15(30-2)6-4-12/h3-8,11H,10H2,1-2H3. The van der Waals surface area contributed by atoms with Crippen LogP contribution in [0.5, 0.6) is 17.2 Å². The Morgan fingerprint density at radius 3 is 2.48 bits per heavy atom. The number of benzene rings is 2. The van der Waals surface area contributed by atoms with Crippen LogP contribution in [0, 0.1) is 11.3 Å². The summed E-state index contributed by atoms with van der Waals surface area (Å²) in [6.45, 7) is 0.643. The third-order valence-electron chi connectivity index (χ3n) is 4.26. The molecule has 0 atom stereocenters. The summed E-state index contributed by atoms with van der Waals surface area (Å²) in [7, 11) is 1.52. The van der Waals surface area contributed by atoms with Gasteiger partial charge in [-0.3, -0.25) is 9.36 Å². The topological polar surface area (TPSA) is 77.1 Å². The van der Waals surface area contributed by atoms with Crippen LogP contribution in [0.3, 0.4) is 0 Å². The van der Waals surface area contributed by atoms with Crippen LogP contribution in [0.2, 0.25) is 10.0 Å². The molecule has 0 spiro atoms. The Morgan fingerprint density at radius 2 is 1.90 bits per heavy atom. The Kier molecular flexibility index (Phi) is 6.48. The predicted molar refractivity (Wildman–Crippen MR) is 111 cm³/mol. The summed E-state index contributed by atoms with van der Waals surface area (Å²) in [5.74, 6) is -3.77. The number of nitriles is 1. The number of hydrogen-bond donors (Lipinski definition) is 0. The maximum absolute atomic E-state index is 14.1. The van der Waals surface area contributed by atoms with Gasteiger partial charge in [-0.1, -0.05) is 35.3 Å². The van der Waals surface area contributed by atoms with Gasteiger partial charge in [-0.15, -0.1) is 0 Å². The van der Waals surface area contributed by atoms with Crippen LogP contribution in [-0.4, -0.2) is 16.7 Å². The van der Waals surface area contributed by atoms with Crippen molar-refractivity contribution in [2.24, 2.45) is 0 Å². The van der Waals surface area contributed by atoms with E-state index in [9.17, 15) is 13.6 Å². The van der Waals surface area contributed by atoms with Gasteiger partial charge in [-0.25, -0.2) is 4.98 Å². The Morgan fingerprint density at radius 1 is 1.23 bits per heavy atom. The number of ether oxygens (including phenoxy) is 2.